The average molecular weight is 288 g/mol. The average Bonchev–Trinajstić information content (AvgIpc) is 2.43. The quantitative estimate of drug-likeness (QED) is 0.868. The standard InChI is InChI=1S/C18H28N2O/c1-3-19-18(21)15-11-12-17(14(2)13-15)20-16-9-7-5-4-6-8-10-16/h11-13,16,20H,3-10H2,1-2H3,(H,19,21). The molecule has 2 rings (SSSR count). The lowest BCUT2D eigenvalue weighted by Crippen LogP contribution is -2.23. The molecule has 1 saturated carbocycles. The van der Waals surface area contributed by atoms with E-state index >= 15 is 0 Å². The smallest absolute Gasteiger partial charge is 0.251 e. The fourth-order valence-corrected chi connectivity index (χ4v) is 3.05. The molecule has 0 aromatic heterocycles. The number of nitrogens with one attached hydrogen (secondary N) is 2. The van der Waals surface area contributed by atoms with E-state index in [9.17, 15) is 4.79 Å². The summed E-state index contributed by atoms with van der Waals surface area (Å²) < 4.78 is 0. The summed E-state index contributed by atoms with van der Waals surface area (Å²) in [7, 11) is 0. The van der Waals surface area contributed by atoms with Crippen LogP contribution in [0.25, 0.3) is 0 Å². The van der Waals surface area contributed by atoms with Crippen molar-refractivity contribution in [2.45, 2.75) is 64.8 Å². The van der Waals surface area contributed by atoms with Gasteiger partial charge >= 0.3 is 0 Å². The predicted molar refractivity (Wildman–Crippen MR) is 88.9 cm³/mol. The molecule has 3 nitrogen and oxygen atoms in total. The van der Waals surface area contributed by atoms with Crippen LogP contribution < -0.4 is 10.6 Å². The monoisotopic (exact) mass is 288 g/mol. The molecule has 0 spiro atoms. The minimum atomic E-state index is 0.0121. The highest BCUT2D eigenvalue weighted by Gasteiger charge is 2.13. The number of carbonyl (C=O) groups excluding carboxylic acids is 1. The molecule has 1 aliphatic rings. The van der Waals surface area contributed by atoms with E-state index in [1.54, 1.807) is 0 Å². The lowest BCUT2D eigenvalue weighted by Gasteiger charge is -2.23. The SMILES string of the molecule is CCNC(=O)c1ccc(NC2CCCCCCC2)c(C)c1. The first kappa shape index (κ1) is 15.9. The number of carbonyl (C=O) groups is 1. The van der Waals surface area contributed by atoms with Crippen molar-refractivity contribution in [1.82, 2.24) is 5.32 Å². The molecule has 0 atom stereocenters. The van der Waals surface area contributed by atoms with Gasteiger partial charge in [0.2, 0.25) is 0 Å². The third-order valence-electron chi connectivity index (χ3n) is 4.29. The van der Waals surface area contributed by atoms with Crippen LogP contribution in [0.3, 0.4) is 0 Å². The van der Waals surface area contributed by atoms with Gasteiger partial charge in [0.15, 0.2) is 0 Å². The van der Waals surface area contributed by atoms with E-state index in [1.807, 2.05) is 19.1 Å². The Labute approximate surface area is 128 Å². The molecular formula is C18H28N2O. The van der Waals surface area contributed by atoms with Crippen LogP contribution in [0.1, 0.15) is 67.8 Å². The molecule has 1 aromatic rings. The fraction of sp³-hybridized carbons (Fsp3) is 0.611. The van der Waals surface area contributed by atoms with Crippen molar-refractivity contribution in [3.63, 3.8) is 0 Å². The third kappa shape index (κ3) is 4.76. The molecule has 2 N–H and O–H groups in total. The van der Waals surface area contributed by atoms with Crippen LogP contribution in [0, 0.1) is 6.92 Å². The number of hydrogen-bond donors (Lipinski definition) is 2. The normalized spacial score (nSPS) is 16.9. The second kappa shape index (κ2) is 8.06. The first-order valence-electron chi connectivity index (χ1n) is 8.36. The van der Waals surface area contributed by atoms with Gasteiger partial charge in [0.1, 0.15) is 0 Å². The Morgan fingerprint density at radius 3 is 2.43 bits per heavy atom. The zero-order valence-electron chi connectivity index (χ0n) is 13.4. The molecule has 0 saturated heterocycles. The minimum Gasteiger partial charge on any atom is -0.382 e. The van der Waals surface area contributed by atoms with Crippen molar-refractivity contribution in [1.29, 1.82) is 0 Å². The zero-order chi connectivity index (χ0) is 15.1. The maximum absolute atomic E-state index is 11.9. The molecule has 21 heavy (non-hydrogen) atoms. The lowest BCUT2D eigenvalue weighted by molar-refractivity contribution is 0.0956. The topological polar surface area (TPSA) is 41.1 Å². The largest absolute Gasteiger partial charge is 0.382 e. The summed E-state index contributed by atoms with van der Waals surface area (Å²) in [6, 6.07) is 6.54. The van der Waals surface area contributed by atoms with Crippen molar-refractivity contribution in [2.75, 3.05) is 11.9 Å². The molecule has 116 valence electrons. The Bertz CT molecular complexity index is 462. The Kier molecular flexibility index (Phi) is 6.09. The number of rotatable bonds is 4. The summed E-state index contributed by atoms with van der Waals surface area (Å²) in [5, 5.41) is 6.53. The maximum atomic E-state index is 11.9. The number of aryl methyl sites for hydroxylation is 1. The number of benzene rings is 1. The molecule has 1 amide bonds. The molecule has 0 radical (unpaired) electrons. The van der Waals surface area contributed by atoms with Crippen LogP contribution in [0.2, 0.25) is 0 Å². The van der Waals surface area contributed by atoms with Crippen LogP contribution in [0.15, 0.2) is 18.2 Å². The van der Waals surface area contributed by atoms with E-state index in [0.29, 0.717) is 12.6 Å². The highest BCUT2D eigenvalue weighted by molar-refractivity contribution is 5.94. The van der Waals surface area contributed by atoms with Gasteiger partial charge in [-0.05, 0) is 50.5 Å². The van der Waals surface area contributed by atoms with E-state index in [0.717, 1.165) is 11.1 Å². The van der Waals surface area contributed by atoms with Gasteiger partial charge in [-0.3, -0.25) is 4.79 Å². The maximum Gasteiger partial charge on any atom is 0.251 e. The summed E-state index contributed by atoms with van der Waals surface area (Å²) in [5.74, 6) is 0.0121. The Morgan fingerprint density at radius 2 is 1.81 bits per heavy atom. The van der Waals surface area contributed by atoms with Crippen LogP contribution in [0.4, 0.5) is 5.69 Å². The molecule has 0 aliphatic heterocycles. The van der Waals surface area contributed by atoms with Gasteiger partial charge in [0, 0.05) is 23.8 Å². The van der Waals surface area contributed by atoms with E-state index in [-0.39, 0.29) is 5.91 Å². The van der Waals surface area contributed by atoms with Crippen LogP contribution >= 0.6 is 0 Å². The second-order valence-electron chi connectivity index (χ2n) is 6.08. The Balaban J connectivity index is 2.01. The molecule has 0 bridgehead atoms. The van der Waals surface area contributed by atoms with Gasteiger partial charge in [-0.2, -0.15) is 0 Å². The van der Waals surface area contributed by atoms with Gasteiger partial charge in [-0.1, -0.05) is 32.1 Å². The van der Waals surface area contributed by atoms with Crippen LogP contribution in [-0.4, -0.2) is 18.5 Å². The molecule has 1 fully saturated rings. The van der Waals surface area contributed by atoms with E-state index < -0.39 is 0 Å². The minimum absolute atomic E-state index is 0.0121. The van der Waals surface area contributed by atoms with E-state index in [2.05, 4.69) is 23.6 Å². The second-order valence-corrected chi connectivity index (χ2v) is 6.08. The third-order valence-corrected chi connectivity index (χ3v) is 4.29. The first-order valence-corrected chi connectivity index (χ1v) is 8.36. The van der Waals surface area contributed by atoms with E-state index in [1.165, 1.54) is 50.6 Å². The molecule has 1 aromatic carbocycles. The molecule has 0 unspecified atom stereocenters. The van der Waals surface area contributed by atoms with Crippen LogP contribution in [0.5, 0.6) is 0 Å². The molecule has 0 heterocycles. The van der Waals surface area contributed by atoms with Crippen molar-refractivity contribution in [2.24, 2.45) is 0 Å². The first-order chi connectivity index (χ1) is 10.2. The zero-order valence-corrected chi connectivity index (χ0v) is 13.4. The van der Waals surface area contributed by atoms with Crippen molar-refractivity contribution >= 4 is 11.6 Å². The number of hydrogen-bond acceptors (Lipinski definition) is 2. The number of amides is 1. The fourth-order valence-electron chi connectivity index (χ4n) is 3.05. The van der Waals surface area contributed by atoms with Gasteiger partial charge in [0.25, 0.3) is 5.91 Å². The van der Waals surface area contributed by atoms with Crippen molar-refractivity contribution in [3.8, 4) is 0 Å². The summed E-state index contributed by atoms with van der Waals surface area (Å²) in [4.78, 5) is 11.9. The molecule has 3 heteroatoms. The Hall–Kier alpha value is -1.51. The Morgan fingerprint density at radius 1 is 1.14 bits per heavy atom. The van der Waals surface area contributed by atoms with Gasteiger partial charge in [0.05, 0.1) is 0 Å². The van der Waals surface area contributed by atoms with Crippen molar-refractivity contribution < 1.29 is 4.79 Å². The summed E-state index contributed by atoms with van der Waals surface area (Å²) in [6.45, 7) is 4.68. The highest BCUT2D eigenvalue weighted by Crippen LogP contribution is 2.23. The summed E-state index contributed by atoms with van der Waals surface area (Å²) >= 11 is 0. The number of anilines is 1. The van der Waals surface area contributed by atoms with E-state index in [4.69, 9.17) is 0 Å². The van der Waals surface area contributed by atoms with Gasteiger partial charge in [-0.25, -0.2) is 0 Å². The van der Waals surface area contributed by atoms with Gasteiger partial charge in [-0.15, -0.1) is 0 Å². The lowest BCUT2D eigenvalue weighted by atomic mass is 9.96. The molecular weight excluding hydrogens is 260 g/mol. The highest BCUT2D eigenvalue weighted by atomic mass is 16.1. The van der Waals surface area contributed by atoms with Crippen molar-refractivity contribution in [3.05, 3.63) is 29.3 Å². The van der Waals surface area contributed by atoms with Crippen LogP contribution in [-0.2, 0) is 0 Å². The molecule has 1 aliphatic carbocycles. The predicted octanol–water partition coefficient (Wildman–Crippen LogP) is 4.27. The van der Waals surface area contributed by atoms with Gasteiger partial charge < -0.3 is 10.6 Å². The summed E-state index contributed by atoms with van der Waals surface area (Å²) in [5.41, 5.74) is 3.08. The summed E-state index contributed by atoms with van der Waals surface area (Å²) in [6.07, 6.45) is 9.31.